The van der Waals surface area contributed by atoms with Gasteiger partial charge in [0, 0.05) is 4.88 Å². The van der Waals surface area contributed by atoms with E-state index in [0.717, 1.165) is 16.0 Å². The Hall–Kier alpha value is -3.26. The number of nitrogens with one attached hydrogen (secondary N) is 1. The highest BCUT2D eigenvalue weighted by atomic mass is 32.1. The number of rotatable bonds is 7. The Kier molecular flexibility index (Phi) is 5.77. The monoisotopic (exact) mass is 383 g/mol. The van der Waals surface area contributed by atoms with Gasteiger partial charge < -0.3 is 20.2 Å². The van der Waals surface area contributed by atoms with Crippen molar-refractivity contribution < 1.29 is 14.5 Å². The summed E-state index contributed by atoms with van der Waals surface area (Å²) in [6.07, 6.45) is 1.30. The van der Waals surface area contributed by atoms with Crippen molar-refractivity contribution in [2.75, 3.05) is 6.61 Å². The minimum atomic E-state index is -0.645. The van der Waals surface area contributed by atoms with Gasteiger partial charge in [-0.05, 0) is 46.0 Å². The number of aryl methyl sites for hydroxylation is 1. The van der Waals surface area contributed by atoms with E-state index in [1.807, 2.05) is 48.7 Å². The van der Waals surface area contributed by atoms with Crippen molar-refractivity contribution in [1.29, 1.82) is 0 Å². The Labute approximate surface area is 159 Å². The van der Waals surface area contributed by atoms with Gasteiger partial charge >= 0.3 is 5.82 Å². The molecule has 8 heteroatoms. The Bertz CT molecular complexity index is 926. The standard InChI is InChI=1S/C19H17N3O4S/c1-13-6-8-14(9-7-13)18(16-5-3-11-27-16)21-17(23)12-26-15-4-2-10-20-19(15)22(24)25/h2-11,18H,12H2,1H3,(H,21,23). The SMILES string of the molecule is Cc1ccc(C(NC(=O)COc2cccnc2[N+](=O)[O-])c2cccs2)cc1. The number of ether oxygens (including phenoxy) is 1. The number of nitrogens with zero attached hydrogens (tertiary/aromatic N) is 2. The highest BCUT2D eigenvalue weighted by Gasteiger charge is 2.20. The second-order valence-corrected chi connectivity index (χ2v) is 6.78. The third-order valence-electron chi connectivity index (χ3n) is 3.83. The molecule has 1 unspecified atom stereocenters. The predicted molar refractivity (Wildman–Crippen MR) is 102 cm³/mol. The van der Waals surface area contributed by atoms with E-state index in [0.29, 0.717) is 0 Å². The largest absolute Gasteiger partial charge is 0.476 e. The van der Waals surface area contributed by atoms with Gasteiger partial charge in [-0.2, -0.15) is 0 Å². The van der Waals surface area contributed by atoms with Crippen LogP contribution in [0.1, 0.15) is 22.0 Å². The molecule has 138 valence electrons. The van der Waals surface area contributed by atoms with Crippen molar-refractivity contribution in [3.8, 4) is 5.75 Å². The summed E-state index contributed by atoms with van der Waals surface area (Å²) in [6.45, 7) is 1.65. The minimum Gasteiger partial charge on any atom is -0.476 e. The van der Waals surface area contributed by atoms with Gasteiger partial charge in [-0.3, -0.25) is 4.79 Å². The van der Waals surface area contributed by atoms with Crippen LogP contribution < -0.4 is 10.1 Å². The zero-order valence-electron chi connectivity index (χ0n) is 14.5. The van der Waals surface area contributed by atoms with Gasteiger partial charge in [0.15, 0.2) is 6.61 Å². The number of benzene rings is 1. The third-order valence-corrected chi connectivity index (χ3v) is 4.76. The van der Waals surface area contributed by atoms with Crippen LogP contribution in [0.2, 0.25) is 0 Å². The zero-order valence-corrected chi connectivity index (χ0v) is 15.3. The molecule has 0 radical (unpaired) electrons. The van der Waals surface area contributed by atoms with Gasteiger partial charge in [-0.1, -0.05) is 35.9 Å². The van der Waals surface area contributed by atoms with Gasteiger partial charge in [0.1, 0.15) is 6.20 Å². The third kappa shape index (κ3) is 4.68. The Balaban J connectivity index is 1.72. The molecule has 27 heavy (non-hydrogen) atoms. The fourth-order valence-electron chi connectivity index (χ4n) is 2.51. The van der Waals surface area contributed by atoms with Gasteiger partial charge in [-0.15, -0.1) is 11.3 Å². The van der Waals surface area contributed by atoms with Crippen LogP contribution in [0.3, 0.4) is 0 Å². The normalized spacial score (nSPS) is 11.6. The van der Waals surface area contributed by atoms with Crippen LogP contribution in [0, 0.1) is 17.0 Å². The van der Waals surface area contributed by atoms with E-state index in [9.17, 15) is 14.9 Å². The fraction of sp³-hybridized carbons (Fsp3) is 0.158. The Morgan fingerprint density at radius 2 is 2.04 bits per heavy atom. The second-order valence-electron chi connectivity index (χ2n) is 5.80. The van der Waals surface area contributed by atoms with Crippen LogP contribution in [-0.2, 0) is 4.79 Å². The van der Waals surface area contributed by atoms with Crippen molar-refractivity contribution in [1.82, 2.24) is 10.3 Å². The summed E-state index contributed by atoms with van der Waals surface area (Å²) in [5.74, 6) is -0.841. The molecule has 1 aromatic carbocycles. The lowest BCUT2D eigenvalue weighted by Crippen LogP contribution is -2.33. The molecule has 0 fully saturated rings. The first-order valence-corrected chi connectivity index (χ1v) is 9.04. The number of pyridine rings is 1. The number of hydrogen-bond acceptors (Lipinski definition) is 6. The van der Waals surface area contributed by atoms with Crippen molar-refractivity contribution in [3.05, 3.63) is 86.2 Å². The lowest BCUT2D eigenvalue weighted by molar-refractivity contribution is -0.390. The summed E-state index contributed by atoms with van der Waals surface area (Å²) in [5, 5.41) is 15.8. The fourth-order valence-corrected chi connectivity index (χ4v) is 3.31. The smallest absolute Gasteiger partial charge is 0.406 e. The molecule has 1 amide bonds. The topological polar surface area (TPSA) is 94.4 Å². The Morgan fingerprint density at radius 1 is 1.26 bits per heavy atom. The Morgan fingerprint density at radius 3 is 2.70 bits per heavy atom. The summed E-state index contributed by atoms with van der Waals surface area (Å²) in [6, 6.07) is 14.4. The molecule has 0 saturated carbocycles. The summed E-state index contributed by atoms with van der Waals surface area (Å²) < 4.78 is 5.32. The quantitative estimate of drug-likeness (QED) is 0.496. The van der Waals surface area contributed by atoms with E-state index in [-0.39, 0.29) is 24.3 Å². The van der Waals surface area contributed by atoms with Gasteiger partial charge in [0.2, 0.25) is 5.75 Å². The first-order chi connectivity index (χ1) is 13.0. The van der Waals surface area contributed by atoms with Gasteiger partial charge in [0.05, 0.1) is 6.04 Å². The molecule has 0 saturated heterocycles. The molecule has 2 aromatic heterocycles. The van der Waals surface area contributed by atoms with Crippen molar-refractivity contribution >= 4 is 23.1 Å². The van der Waals surface area contributed by atoms with E-state index in [2.05, 4.69) is 10.3 Å². The first kappa shape index (κ1) is 18.5. The molecule has 0 aliphatic heterocycles. The number of aromatic nitrogens is 1. The summed E-state index contributed by atoms with van der Waals surface area (Å²) in [7, 11) is 0. The predicted octanol–water partition coefficient (Wildman–Crippen LogP) is 3.64. The number of thiophene rings is 1. The van der Waals surface area contributed by atoms with Crippen LogP contribution in [0.4, 0.5) is 5.82 Å². The molecule has 0 bridgehead atoms. The molecule has 0 aliphatic rings. The number of carbonyl (C=O) groups excluding carboxylic acids is 1. The average Bonchev–Trinajstić information content (AvgIpc) is 3.20. The molecule has 1 atom stereocenters. The molecule has 0 aliphatic carbocycles. The molecular formula is C19H17N3O4S. The highest BCUT2D eigenvalue weighted by molar-refractivity contribution is 7.10. The van der Waals surface area contributed by atoms with Gasteiger partial charge in [0.25, 0.3) is 5.91 Å². The number of carbonyl (C=O) groups is 1. The second kappa shape index (κ2) is 8.41. The van der Waals surface area contributed by atoms with Crippen molar-refractivity contribution in [2.24, 2.45) is 0 Å². The highest BCUT2D eigenvalue weighted by Crippen LogP contribution is 2.27. The molecule has 0 spiro atoms. The van der Waals surface area contributed by atoms with Crippen LogP contribution >= 0.6 is 11.3 Å². The maximum Gasteiger partial charge on any atom is 0.406 e. The van der Waals surface area contributed by atoms with Crippen LogP contribution in [0.15, 0.2) is 60.1 Å². The van der Waals surface area contributed by atoms with E-state index < -0.39 is 10.7 Å². The van der Waals surface area contributed by atoms with E-state index in [1.54, 1.807) is 0 Å². The van der Waals surface area contributed by atoms with Crippen LogP contribution in [-0.4, -0.2) is 22.4 Å². The lowest BCUT2D eigenvalue weighted by atomic mass is 10.0. The average molecular weight is 383 g/mol. The van der Waals surface area contributed by atoms with Crippen molar-refractivity contribution in [2.45, 2.75) is 13.0 Å². The number of nitro groups is 1. The molecule has 1 N–H and O–H groups in total. The lowest BCUT2D eigenvalue weighted by Gasteiger charge is -2.18. The van der Waals surface area contributed by atoms with E-state index in [1.165, 1.54) is 29.7 Å². The summed E-state index contributed by atoms with van der Waals surface area (Å²) >= 11 is 1.54. The molecule has 2 heterocycles. The molecule has 3 aromatic rings. The van der Waals surface area contributed by atoms with Crippen LogP contribution in [0.25, 0.3) is 0 Å². The molecule has 7 nitrogen and oxygen atoms in total. The summed E-state index contributed by atoms with van der Waals surface area (Å²) in [5.41, 5.74) is 2.07. The molecule has 3 rings (SSSR count). The summed E-state index contributed by atoms with van der Waals surface area (Å²) in [4.78, 5) is 27.4. The van der Waals surface area contributed by atoms with Gasteiger partial charge in [-0.25, -0.2) is 0 Å². The maximum absolute atomic E-state index is 12.4. The minimum absolute atomic E-state index is 0.0411. The van der Waals surface area contributed by atoms with Crippen LogP contribution in [0.5, 0.6) is 5.75 Å². The van der Waals surface area contributed by atoms with E-state index in [4.69, 9.17) is 4.74 Å². The number of hydrogen-bond donors (Lipinski definition) is 1. The van der Waals surface area contributed by atoms with Crippen molar-refractivity contribution in [3.63, 3.8) is 0 Å². The van der Waals surface area contributed by atoms with E-state index >= 15 is 0 Å². The zero-order chi connectivity index (χ0) is 19.2. The number of amides is 1. The first-order valence-electron chi connectivity index (χ1n) is 8.16. The molecular weight excluding hydrogens is 366 g/mol. The maximum atomic E-state index is 12.4.